The largest absolute Gasteiger partial charge is 0.307 e. The fraction of sp³-hybridized carbons (Fsp3) is 0.500. The summed E-state index contributed by atoms with van der Waals surface area (Å²) in [5.74, 6) is 0.966. The zero-order valence-electron chi connectivity index (χ0n) is 12.7. The number of nitrogens with zero attached hydrogens (tertiary/aromatic N) is 4. The van der Waals surface area contributed by atoms with Crippen LogP contribution in [0.3, 0.4) is 0 Å². The predicted molar refractivity (Wildman–Crippen MR) is 83.3 cm³/mol. The van der Waals surface area contributed by atoms with Gasteiger partial charge in [-0.25, -0.2) is 0 Å². The molecule has 0 aliphatic carbocycles. The minimum absolute atomic E-state index is 0.567. The van der Waals surface area contributed by atoms with E-state index in [2.05, 4.69) is 46.5 Å². The van der Waals surface area contributed by atoms with E-state index in [1.807, 2.05) is 22.8 Å². The zero-order valence-corrected chi connectivity index (χ0v) is 12.7. The lowest BCUT2D eigenvalue weighted by Crippen LogP contribution is -2.45. The molecule has 1 aromatic carbocycles. The van der Waals surface area contributed by atoms with Crippen LogP contribution >= 0.6 is 0 Å². The number of para-hydroxylation sites is 1. The van der Waals surface area contributed by atoms with Crippen molar-refractivity contribution < 1.29 is 0 Å². The van der Waals surface area contributed by atoms with Crippen LogP contribution in [0.25, 0.3) is 5.69 Å². The molecule has 0 spiro atoms. The molecule has 2 heterocycles. The molecule has 2 atom stereocenters. The molecule has 1 N–H and O–H groups in total. The number of hydrogen-bond donors (Lipinski definition) is 1. The molecule has 1 aliphatic heterocycles. The summed E-state index contributed by atoms with van der Waals surface area (Å²) in [6.45, 7) is 4.21. The second-order valence-electron chi connectivity index (χ2n) is 5.88. The van der Waals surface area contributed by atoms with Crippen molar-refractivity contribution in [3.63, 3.8) is 0 Å². The fourth-order valence-corrected chi connectivity index (χ4v) is 2.89. The van der Waals surface area contributed by atoms with Crippen LogP contribution in [0.1, 0.15) is 25.6 Å². The van der Waals surface area contributed by atoms with E-state index in [-0.39, 0.29) is 0 Å². The monoisotopic (exact) mass is 285 g/mol. The van der Waals surface area contributed by atoms with Gasteiger partial charge in [-0.2, -0.15) is 0 Å². The molecule has 0 unspecified atom stereocenters. The van der Waals surface area contributed by atoms with Gasteiger partial charge < -0.3 is 10.2 Å². The van der Waals surface area contributed by atoms with Crippen molar-refractivity contribution in [1.29, 1.82) is 0 Å². The van der Waals surface area contributed by atoms with Gasteiger partial charge in [0.05, 0.1) is 6.54 Å². The summed E-state index contributed by atoms with van der Waals surface area (Å²) in [6, 6.07) is 11.4. The summed E-state index contributed by atoms with van der Waals surface area (Å²) in [5.41, 5.74) is 1.11. The molecule has 1 saturated heterocycles. The van der Waals surface area contributed by atoms with Gasteiger partial charge in [-0.15, -0.1) is 10.2 Å². The number of benzene rings is 1. The van der Waals surface area contributed by atoms with Gasteiger partial charge in [-0.3, -0.25) is 4.57 Å². The Bertz CT molecular complexity index is 565. The third kappa shape index (κ3) is 3.31. The van der Waals surface area contributed by atoms with E-state index >= 15 is 0 Å². The lowest BCUT2D eigenvalue weighted by atomic mass is 9.99. The van der Waals surface area contributed by atoms with Crippen LogP contribution in [0.15, 0.2) is 36.7 Å². The first-order chi connectivity index (χ1) is 10.2. The highest BCUT2D eigenvalue weighted by molar-refractivity contribution is 5.31. The van der Waals surface area contributed by atoms with Crippen molar-refractivity contribution in [2.75, 3.05) is 13.6 Å². The standard InChI is InChI=1S/C16H23N5/c1-13-10-14(8-9-20(13)2)17-11-16-19-18-12-21(16)15-6-4-3-5-7-15/h3-7,12-14,17H,8-11H2,1-2H3/t13-,14+/m0/s1. The highest BCUT2D eigenvalue weighted by Gasteiger charge is 2.22. The molecule has 1 aliphatic rings. The van der Waals surface area contributed by atoms with Gasteiger partial charge in [0.1, 0.15) is 6.33 Å². The van der Waals surface area contributed by atoms with E-state index in [1.54, 1.807) is 6.33 Å². The van der Waals surface area contributed by atoms with E-state index in [1.165, 1.54) is 12.8 Å². The first-order valence-corrected chi connectivity index (χ1v) is 7.62. The first-order valence-electron chi connectivity index (χ1n) is 7.62. The molecule has 0 saturated carbocycles. The summed E-state index contributed by atoms with van der Waals surface area (Å²) >= 11 is 0. The number of hydrogen-bond acceptors (Lipinski definition) is 4. The van der Waals surface area contributed by atoms with Crippen molar-refractivity contribution in [1.82, 2.24) is 25.0 Å². The molecule has 21 heavy (non-hydrogen) atoms. The summed E-state index contributed by atoms with van der Waals surface area (Å²) in [7, 11) is 2.20. The molecule has 0 bridgehead atoms. The number of rotatable bonds is 4. The van der Waals surface area contributed by atoms with E-state index in [0.717, 1.165) is 24.6 Å². The Morgan fingerprint density at radius 3 is 2.86 bits per heavy atom. The Balaban J connectivity index is 1.63. The molecule has 0 radical (unpaired) electrons. The summed E-state index contributed by atoms with van der Waals surface area (Å²) < 4.78 is 2.05. The normalized spacial score (nSPS) is 23.3. The predicted octanol–water partition coefficient (Wildman–Crippen LogP) is 1.84. The Hall–Kier alpha value is -1.72. The SMILES string of the molecule is C[C@H]1C[C@H](NCc2nncn2-c2ccccc2)CCN1C. The van der Waals surface area contributed by atoms with Gasteiger partial charge in [0.2, 0.25) is 0 Å². The van der Waals surface area contributed by atoms with Crippen molar-refractivity contribution in [2.45, 2.75) is 38.4 Å². The van der Waals surface area contributed by atoms with Gasteiger partial charge in [0.25, 0.3) is 0 Å². The maximum atomic E-state index is 4.25. The van der Waals surface area contributed by atoms with E-state index in [4.69, 9.17) is 0 Å². The van der Waals surface area contributed by atoms with Gasteiger partial charge in [-0.1, -0.05) is 18.2 Å². The molecule has 1 aromatic heterocycles. The van der Waals surface area contributed by atoms with E-state index in [9.17, 15) is 0 Å². The van der Waals surface area contributed by atoms with Gasteiger partial charge >= 0.3 is 0 Å². The number of aromatic nitrogens is 3. The minimum Gasteiger partial charge on any atom is -0.307 e. The van der Waals surface area contributed by atoms with Gasteiger partial charge in [-0.05, 0) is 45.5 Å². The summed E-state index contributed by atoms with van der Waals surface area (Å²) in [4.78, 5) is 2.42. The molecular weight excluding hydrogens is 262 g/mol. The Morgan fingerprint density at radius 1 is 1.29 bits per heavy atom. The van der Waals surface area contributed by atoms with Crippen LogP contribution in [0.2, 0.25) is 0 Å². The average Bonchev–Trinajstić information content (AvgIpc) is 2.98. The lowest BCUT2D eigenvalue weighted by molar-refractivity contribution is 0.167. The third-order valence-electron chi connectivity index (χ3n) is 4.41. The Morgan fingerprint density at radius 2 is 2.10 bits per heavy atom. The molecule has 3 rings (SSSR count). The number of piperidine rings is 1. The quantitative estimate of drug-likeness (QED) is 0.931. The van der Waals surface area contributed by atoms with Gasteiger partial charge in [0, 0.05) is 17.8 Å². The molecule has 2 aromatic rings. The third-order valence-corrected chi connectivity index (χ3v) is 4.41. The maximum Gasteiger partial charge on any atom is 0.151 e. The highest BCUT2D eigenvalue weighted by Crippen LogP contribution is 2.16. The van der Waals surface area contributed by atoms with Crippen molar-refractivity contribution >= 4 is 0 Å². The molecular formula is C16H23N5. The average molecular weight is 285 g/mol. The smallest absolute Gasteiger partial charge is 0.151 e. The van der Waals surface area contributed by atoms with Crippen LogP contribution < -0.4 is 5.32 Å². The van der Waals surface area contributed by atoms with E-state index < -0.39 is 0 Å². The molecule has 5 heteroatoms. The van der Waals surface area contributed by atoms with Crippen LogP contribution in [0, 0.1) is 0 Å². The Kier molecular flexibility index (Phi) is 4.31. The Labute approximate surface area is 126 Å². The molecule has 5 nitrogen and oxygen atoms in total. The van der Waals surface area contributed by atoms with Crippen molar-refractivity contribution in [3.05, 3.63) is 42.5 Å². The lowest BCUT2D eigenvalue weighted by Gasteiger charge is -2.35. The topological polar surface area (TPSA) is 46.0 Å². The molecule has 112 valence electrons. The summed E-state index contributed by atoms with van der Waals surface area (Å²) in [5, 5.41) is 11.9. The fourth-order valence-electron chi connectivity index (χ4n) is 2.89. The van der Waals surface area contributed by atoms with Crippen LogP contribution in [-0.2, 0) is 6.54 Å². The molecule has 1 fully saturated rings. The zero-order chi connectivity index (χ0) is 14.7. The number of likely N-dealkylation sites (tertiary alicyclic amines) is 1. The van der Waals surface area contributed by atoms with Gasteiger partial charge in [0.15, 0.2) is 5.82 Å². The maximum absolute atomic E-state index is 4.25. The highest BCUT2D eigenvalue weighted by atomic mass is 15.3. The number of nitrogens with one attached hydrogen (secondary N) is 1. The molecule has 0 amide bonds. The van der Waals surface area contributed by atoms with Crippen LogP contribution in [0.5, 0.6) is 0 Å². The van der Waals surface area contributed by atoms with E-state index in [0.29, 0.717) is 12.1 Å². The minimum atomic E-state index is 0.567. The van der Waals surface area contributed by atoms with Crippen LogP contribution in [-0.4, -0.2) is 45.3 Å². The second-order valence-corrected chi connectivity index (χ2v) is 5.88. The second kappa shape index (κ2) is 6.37. The summed E-state index contributed by atoms with van der Waals surface area (Å²) in [6.07, 6.45) is 4.17. The first kappa shape index (κ1) is 14.2. The van der Waals surface area contributed by atoms with Crippen molar-refractivity contribution in [3.8, 4) is 5.69 Å². The van der Waals surface area contributed by atoms with Crippen LogP contribution in [0.4, 0.5) is 0 Å². The van der Waals surface area contributed by atoms with Crippen molar-refractivity contribution in [2.24, 2.45) is 0 Å².